The highest BCUT2D eigenvalue weighted by atomic mass is 16.5. The van der Waals surface area contributed by atoms with Crippen LogP contribution >= 0.6 is 0 Å². The molecule has 0 fully saturated rings. The number of hydrogen-bond donors (Lipinski definition) is 1. The fourth-order valence-electron chi connectivity index (χ4n) is 2.47. The number of carboxylic acids is 1. The molecule has 0 atom stereocenters. The molecule has 0 unspecified atom stereocenters. The highest BCUT2D eigenvalue weighted by Gasteiger charge is 2.22. The van der Waals surface area contributed by atoms with Gasteiger partial charge in [0.15, 0.2) is 0 Å². The standard InChI is InChI=1S/C19H17N3O5/c1-11-9-13(27-19-21-14(25-2)10-15(22-19)26-3)16(18(23)24)17(20-11)12-7-5-4-6-8-12/h4-10H,1-3H3,(H,23,24). The van der Waals surface area contributed by atoms with Gasteiger partial charge in [0.25, 0.3) is 0 Å². The molecule has 27 heavy (non-hydrogen) atoms. The first kappa shape index (κ1) is 18.1. The van der Waals surface area contributed by atoms with Crippen molar-refractivity contribution in [1.29, 1.82) is 0 Å². The van der Waals surface area contributed by atoms with Crippen LogP contribution in [0.3, 0.4) is 0 Å². The normalized spacial score (nSPS) is 10.3. The zero-order chi connectivity index (χ0) is 19.4. The van der Waals surface area contributed by atoms with Crippen molar-refractivity contribution in [2.24, 2.45) is 0 Å². The minimum atomic E-state index is -1.17. The summed E-state index contributed by atoms with van der Waals surface area (Å²) in [5, 5.41) is 9.77. The molecule has 0 aliphatic carbocycles. The molecule has 3 rings (SSSR count). The van der Waals surface area contributed by atoms with Gasteiger partial charge >= 0.3 is 12.0 Å². The number of benzene rings is 1. The van der Waals surface area contributed by atoms with Gasteiger partial charge < -0.3 is 19.3 Å². The molecular formula is C19H17N3O5. The van der Waals surface area contributed by atoms with Crippen LogP contribution in [0.5, 0.6) is 23.5 Å². The lowest BCUT2D eigenvalue weighted by Gasteiger charge is -2.13. The van der Waals surface area contributed by atoms with Crippen LogP contribution in [0, 0.1) is 6.92 Å². The Kier molecular flexibility index (Phi) is 5.16. The third kappa shape index (κ3) is 3.95. The van der Waals surface area contributed by atoms with Crippen LogP contribution in [-0.2, 0) is 0 Å². The summed E-state index contributed by atoms with van der Waals surface area (Å²) in [5.74, 6) is -0.652. The fourth-order valence-corrected chi connectivity index (χ4v) is 2.47. The first-order chi connectivity index (χ1) is 13.0. The zero-order valence-electron chi connectivity index (χ0n) is 15.0. The van der Waals surface area contributed by atoms with Gasteiger partial charge in [-0.25, -0.2) is 4.79 Å². The lowest BCUT2D eigenvalue weighted by Crippen LogP contribution is -2.07. The maximum Gasteiger partial charge on any atom is 0.341 e. The molecular weight excluding hydrogens is 350 g/mol. The van der Waals surface area contributed by atoms with Gasteiger partial charge in [0, 0.05) is 17.3 Å². The molecule has 3 aromatic rings. The zero-order valence-corrected chi connectivity index (χ0v) is 15.0. The van der Waals surface area contributed by atoms with Gasteiger partial charge in [0.2, 0.25) is 11.8 Å². The maximum atomic E-state index is 12.0. The monoisotopic (exact) mass is 367 g/mol. The molecule has 2 heterocycles. The van der Waals surface area contributed by atoms with E-state index < -0.39 is 5.97 Å². The molecule has 8 nitrogen and oxygen atoms in total. The molecule has 1 N–H and O–H groups in total. The van der Waals surface area contributed by atoms with Crippen LogP contribution in [0.2, 0.25) is 0 Å². The number of ether oxygens (including phenoxy) is 3. The number of pyridine rings is 1. The van der Waals surface area contributed by atoms with Crippen LogP contribution < -0.4 is 14.2 Å². The maximum absolute atomic E-state index is 12.0. The third-order valence-corrected chi connectivity index (χ3v) is 3.65. The molecule has 0 amide bonds. The summed E-state index contributed by atoms with van der Waals surface area (Å²) >= 11 is 0. The summed E-state index contributed by atoms with van der Waals surface area (Å²) in [4.78, 5) is 24.5. The number of aromatic nitrogens is 3. The Morgan fingerprint density at radius 1 is 0.963 bits per heavy atom. The summed E-state index contributed by atoms with van der Waals surface area (Å²) in [6, 6.07) is 11.9. The Morgan fingerprint density at radius 2 is 1.59 bits per heavy atom. The predicted molar refractivity (Wildman–Crippen MR) is 96.6 cm³/mol. The number of aryl methyl sites for hydroxylation is 1. The van der Waals surface area contributed by atoms with Gasteiger partial charge in [0.05, 0.1) is 26.0 Å². The van der Waals surface area contributed by atoms with Gasteiger partial charge in [0.1, 0.15) is 11.3 Å². The SMILES string of the molecule is COc1cc(OC)nc(Oc2cc(C)nc(-c3ccccc3)c2C(=O)O)n1. The molecule has 0 spiro atoms. The average Bonchev–Trinajstić information content (AvgIpc) is 2.67. The largest absolute Gasteiger partial charge is 0.481 e. The van der Waals surface area contributed by atoms with Crippen molar-refractivity contribution in [2.75, 3.05) is 14.2 Å². The number of hydrogen-bond acceptors (Lipinski definition) is 7. The summed E-state index contributed by atoms with van der Waals surface area (Å²) in [6.45, 7) is 1.75. The van der Waals surface area contributed by atoms with Gasteiger partial charge in [-0.15, -0.1) is 0 Å². The Hall–Kier alpha value is -3.68. The van der Waals surface area contributed by atoms with E-state index in [-0.39, 0.29) is 29.1 Å². The second-order valence-electron chi connectivity index (χ2n) is 5.49. The first-order valence-corrected chi connectivity index (χ1v) is 7.97. The second kappa shape index (κ2) is 7.69. The summed E-state index contributed by atoms with van der Waals surface area (Å²) in [6.07, 6.45) is 0. The third-order valence-electron chi connectivity index (χ3n) is 3.65. The molecule has 0 radical (unpaired) electrons. The van der Waals surface area contributed by atoms with Crippen LogP contribution in [0.4, 0.5) is 0 Å². The minimum absolute atomic E-state index is 0.0733. The lowest BCUT2D eigenvalue weighted by molar-refractivity contribution is 0.0694. The van der Waals surface area contributed by atoms with Gasteiger partial charge in [-0.3, -0.25) is 4.98 Å². The summed E-state index contributed by atoms with van der Waals surface area (Å²) < 4.78 is 15.9. The van der Waals surface area contributed by atoms with Crippen LogP contribution in [0.15, 0.2) is 42.5 Å². The Bertz CT molecular complexity index is 954. The molecule has 0 bridgehead atoms. The van der Waals surface area contributed by atoms with E-state index in [1.54, 1.807) is 19.1 Å². The molecule has 1 aromatic carbocycles. The summed E-state index contributed by atoms with van der Waals surface area (Å²) in [5.41, 5.74) is 1.46. The molecule has 0 saturated carbocycles. The fraction of sp³-hybridized carbons (Fsp3) is 0.158. The molecule has 138 valence electrons. The molecule has 0 saturated heterocycles. The van der Waals surface area contributed by atoms with Crippen molar-refractivity contribution < 1.29 is 24.1 Å². The number of nitrogens with zero attached hydrogens (tertiary/aromatic N) is 3. The molecule has 2 aromatic heterocycles. The van der Waals surface area contributed by atoms with Crippen molar-refractivity contribution in [3.63, 3.8) is 0 Å². The van der Waals surface area contributed by atoms with Crippen LogP contribution in [0.25, 0.3) is 11.3 Å². The number of methoxy groups -OCH3 is 2. The van der Waals surface area contributed by atoms with E-state index in [0.29, 0.717) is 17.0 Å². The highest BCUT2D eigenvalue weighted by Crippen LogP contribution is 2.33. The van der Waals surface area contributed by atoms with E-state index in [0.717, 1.165) is 0 Å². The quantitative estimate of drug-likeness (QED) is 0.707. The number of carboxylic acid groups (broad SMARTS) is 1. The Morgan fingerprint density at radius 3 is 2.15 bits per heavy atom. The number of aromatic carboxylic acids is 1. The van der Waals surface area contributed by atoms with Gasteiger partial charge in [-0.1, -0.05) is 30.3 Å². The molecule has 0 aliphatic rings. The molecule has 8 heteroatoms. The number of carbonyl (C=O) groups is 1. The summed E-state index contributed by atoms with van der Waals surface area (Å²) in [7, 11) is 2.89. The average molecular weight is 367 g/mol. The smallest absolute Gasteiger partial charge is 0.341 e. The van der Waals surface area contributed by atoms with E-state index in [9.17, 15) is 9.90 Å². The first-order valence-electron chi connectivity index (χ1n) is 7.97. The van der Waals surface area contributed by atoms with E-state index in [1.165, 1.54) is 26.4 Å². The van der Waals surface area contributed by atoms with E-state index in [4.69, 9.17) is 14.2 Å². The predicted octanol–water partition coefficient (Wildman–Crippen LogP) is 3.35. The van der Waals surface area contributed by atoms with Crippen molar-refractivity contribution in [3.05, 3.63) is 53.7 Å². The Labute approximate surface area is 155 Å². The second-order valence-corrected chi connectivity index (χ2v) is 5.49. The van der Waals surface area contributed by atoms with Crippen molar-refractivity contribution >= 4 is 5.97 Å². The minimum Gasteiger partial charge on any atom is -0.481 e. The van der Waals surface area contributed by atoms with Gasteiger partial charge in [-0.05, 0) is 6.92 Å². The van der Waals surface area contributed by atoms with Gasteiger partial charge in [-0.2, -0.15) is 9.97 Å². The van der Waals surface area contributed by atoms with E-state index in [1.807, 2.05) is 18.2 Å². The Balaban J connectivity index is 2.13. The lowest BCUT2D eigenvalue weighted by atomic mass is 10.0. The van der Waals surface area contributed by atoms with Crippen molar-refractivity contribution in [2.45, 2.75) is 6.92 Å². The van der Waals surface area contributed by atoms with E-state index >= 15 is 0 Å². The van der Waals surface area contributed by atoms with Crippen LogP contribution in [-0.4, -0.2) is 40.2 Å². The van der Waals surface area contributed by atoms with Crippen molar-refractivity contribution in [3.8, 4) is 34.8 Å². The van der Waals surface area contributed by atoms with Crippen LogP contribution in [0.1, 0.15) is 16.1 Å². The topological polar surface area (TPSA) is 104 Å². The highest BCUT2D eigenvalue weighted by molar-refractivity contribution is 5.98. The number of rotatable bonds is 6. The molecule has 0 aliphatic heterocycles. The van der Waals surface area contributed by atoms with Crippen molar-refractivity contribution in [1.82, 2.24) is 15.0 Å². The van der Waals surface area contributed by atoms with E-state index in [2.05, 4.69) is 15.0 Å².